The van der Waals surface area contributed by atoms with Crippen molar-refractivity contribution in [1.82, 2.24) is 15.1 Å². The van der Waals surface area contributed by atoms with Crippen LogP contribution in [0.2, 0.25) is 0 Å². The van der Waals surface area contributed by atoms with Gasteiger partial charge in [-0.2, -0.15) is 0 Å². The zero-order valence-corrected chi connectivity index (χ0v) is 16.1. The highest BCUT2D eigenvalue weighted by Gasteiger charge is 2.33. The molecule has 134 valence electrons. The van der Waals surface area contributed by atoms with E-state index in [1.54, 1.807) is 0 Å². The van der Waals surface area contributed by atoms with E-state index in [0.717, 1.165) is 30.8 Å². The topological polar surface area (TPSA) is 75.2 Å². The van der Waals surface area contributed by atoms with Gasteiger partial charge in [0.2, 0.25) is 16.9 Å². The zero-order chi connectivity index (χ0) is 17.9. The molecule has 1 fully saturated rings. The van der Waals surface area contributed by atoms with Crippen LogP contribution in [0.1, 0.15) is 52.5 Å². The Morgan fingerprint density at radius 1 is 1.33 bits per heavy atom. The van der Waals surface area contributed by atoms with Crippen LogP contribution in [0.25, 0.3) is 0 Å². The second-order valence-corrected chi connectivity index (χ2v) is 8.99. The van der Waals surface area contributed by atoms with Gasteiger partial charge in [0.1, 0.15) is 5.01 Å². The fourth-order valence-electron chi connectivity index (χ4n) is 2.79. The van der Waals surface area contributed by atoms with Crippen LogP contribution < -0.4 is 5.32 Å². The number of nitrogens with zero attached hydrogens (tertiary/aromatic N) is 3. The Kier molecular flexibility index (Phi) is 5.96. The number of aromatic nitrogens is 2. The first-order valence-electron chi connectivity index (χ1n) is 8.59. The first-order chi connectivity index (χ1) is 11.2. The van der Waals surface area contributed by atoms with Crippen molar-refractivity contribution >= 4 is 28.3 Å². The SMILES string of the molecule is CC(C)Cc1nnc(NC(=O)[C@H]2CCCN(C(=O)C(C)(C)C)C2)s1. The molecule has 0 spiro atoms. The lowest BCUT2D eigenvalue weighted by molar-refractivity contribution is -0.142. The van der Waals surface area contributed by atoms with Crippen LogP contribution in [0.15, 0.2) is 0 Å². The predicted molar refractivity (Wildman–Crippen MR) is 95.8 cm³/mol. The molecule has 0 aliphatic carbocycles. The van der Waals surface area contributed by atoms with Crippen LogP contribution >= 0.6 is 11.3 Å². The molecule has 0 radical (unpaired) electrons. The molecule has 1 N–H and O–H groups in total. The van der Waals surface area contributed by atoms with Gasteiger partial charge in [-0.05, 0) is 18.8 Å². The average molecular weight is 353 g/mol. The number of piperidine rings is 1. The summed E-state index contributed by atoms with van der Waals surface area (Å²) in [5.74, 6) is 0.378. The van der Waals surface area contributed by atoms with E-state index in [1.807, 2.05) is 25.7 Å². The third-order valence-electron chi connectivity index (χ3n) is 4.00. The number of hydrogen-bond acceptors (Lipinski definition) is 5. The maximum atomic E-state index is 12.5. The largest absolute Gasteiger partial charge is 0.341 e. The van der Waals surface area contributed by atoms with Crippen molar-refractivity contribution in [1.29, 1.82) is 0 Å². The van der Waals surface area contributed by atoms with Crippen LogP contribution in [0.4, 0.5) is 5.13 Å². The van der Waals surface area contributed by atoms with Crippen molar-refractivity contribution < 1.29 is 9.59 Å². The lowest BCUT2D eigenvalue weighted by Crippen LogP contribution is -2.47. The van der Waals surface area contributed by atoms with Crippen molar-refractivity contribution in [3.63, 3.8) is 0 Å². The van der Waals surface area contributed by atoms with Gasteiger partial charge in [0.05, 0.1) is 5.92 Å². The standard InChI is InChI=1S/C17H28N4O2S/c1-11(2)9-13-19-20-16(24-13)18-14(22)12-7-6-8-21(10-12)15(23)17(3,4)5/h11-12H,6-10H2,1-5H3,(H,18,20,22)/t12-/m0/s1. The molecule has 6 nitrogen and oxygen atoms in total. The summed E-state index contributed by atoms with van der Waals surface area (Å²) in [6, 6.07) is 0. The number of nitrogens with one attached hydrogen (secondary N) is 1. The van der Waals surface area contributed by atoms with Gasteiger partial charge in [-0.15, -0.1) is 10.2 Å². The minimum atomic E-state index is -0.413. The lowest BCUT2D eigenvalue weighted by Gasteiger charge is -2.35. The smallest absolute Gasteiger partial charge is 0.231 e. The van der Waals surface area contributed by atoms with E-state index in [1.165, 1.54) is 11.3 Å². The van der Waals surface area contributed by atoms with Crippen LogP contribution in [-0.2, 0) is 16.0 Å². The lowest BCUT2D eigenvalue weighted by atomic mass is 9.91. The normalized spacial score (nSPS) is 18.8. The number of hydrogen-bond donors (Lipinski definition) is 1. The second-order valence-electron chi connectivity index (χ2n) is 7.93. The number of carbonyl (C=O) groups is 2. The van der Waals surface area contributed by atoms with Crippen molar-refractivity contribution in [2.24, 2.45) is 17.3 Å². The maximum Gasteiger partial charge on any atom is 0.231 e. The van der Waals surface area contributed by atoms with E-state index in [4.69, 9.17) is 0 Å². The molecule has 0 unspecified atom stereocenters. The van der Waals surface area contributed by atoms with Gasteiger partial charge in [-0.3, -0.25) is 9.59 Å². The summed E-state index contributed by atoms with van der Waals surface area (Å²) in [5.41, 5.74) is -0.413. The minimum Gasteiger partial charge on any atom is -0.341 e. The Morgan fingerprint density at radius 3 is 2.67 bits per heavy atom. The van der Waals surface area contributed by atoms with Gasteiger partial charge < -0.3 is 10.2 Å². The molecule has 2 rings (SSSR count). The van der Waals surface area contributed by atoms with Crippen LogP contribution in [0, 0.1) is 17.3 Å². The molecule has 1 saturated heterocycles. The molecular formula is C17H28N4O2S. The average Bonchev–Trinajstić information content (AvgIpc) is 2.91. The van der Waals surface area contributed by atoms with Crippen molar-refractivity contribution in [2.45, 2.75) is 53.9 Å². The van der Waals surface area contributed by atoms with Gasteiger partial charge in [0, 0.05) is 24.9 Å². The third-order valence-corrected chi connectivity index (χ3v) is 4.86. The molecule has 2 heterocycles. The van der Waals surface area contributed by atoms with Gasteiger partial charge in [-0.25, -0.2) is 0 Å². The van der Waals surface area contributed by atoms with E-state index >= 15 is 0 Å². The van der Waals surface area contributed by atoms with E-state index in [0.29, 0.717) is 17.6 Å². The minimum absolute atomic E-state index is 0.0614. The van der Waals surface area contributed by atoms with Crippen LogP contribution in [-0.4, -0.2) is 40.0 Å². The molecule has 1 aliphatic rings. The van der Waals surface area contributed by atoms with Crippen molar-refractivity contribution in [3.8, 4) is 0 Å². The Hall–Kier alpha value is -1.50. The van der Waals surface area contributed by atoms with Gasteiger partial charge in [0.15, 0.2) is 0 Å². The molecule has 2 amide bonds. The molecule has 1 aliphatic heterocycles. The highest BCUT2D eigenvalue weighted by atomic mass is 32.1. The second kappa shape index (κ2) is 7.59. The van der Waals surface area contributed by atoms with Crippen LogP contribution in [0.5, 0.6) is 0 Å². The fourth-order valence-corrected chi connectivity index (χ4v) is 3.75. The molecule has 24 heavy (non-hydrogen) atoms. The zero-order valence-electron chi connectivity index (χ0n) is 15.3. The van der Waals surface area contributed by atoms with Crippen LogP contribution in [0.3, 0.4) is 0 Å². The van der Waals surface area contributed by atoms with Crippen molar-refractivity contribution in [2.75, 3.05) is 18.4 Å². The molecule has 7 heteroatoms. The Morgan fingerprint density at radius 2 is 2.04 bits per heavy atom. The quantitative estimate of drug-likeness (QED) is 0.904. The maximum absolute atomic E-state index is 12.5. The van der Waals surface area contributed by atoms with Crippen molar-refractivity contribution in [3.05, 3.63) is 5.01 Å². The van der Waals surface area contributed by atoms with E-state index < -0.39 is 5.41 Å². The first-order valence-corrected chi connectivity index (χ1v) is 9.41. The molecule has 1 aromatic rings. The number of amides is 2. The number of carbonyl (C=O) groups excluding carboxylic acids is 2. The molecule has 1 atom stereocenters. The number of likely N-dealkylation sites (tertiary alicyclic amines) is 1. The summed E-state index contributed by atoms with van der Waals surface area (Å²) in [6.07, 6.45) is 2.52. The monoisotopic (exact) mass is 352 g/mol. The summed E-state index contributed by atoms with van der Waals surface area (Å²) >= 11 is 1.43. The van der Waals surface area contributed by atoms with E-state index in [9.17, 15) is 9.59 Å². The summed E-state index contributed by atoms with van der Waals surface area (Å²) in [4.78, 5) is 26.8. The summed E-state index contributed by atoms with van der Waals surface area (Å²) < 4.78 is 0. The number of anilines is 1. The molecule has 0 saturated carbocycles. The third kappa shape index (κ3) is 5.00. The Bertz CT molecular complexity index is 592. The Balaban J connectivity index is 1.94. The highest BCUT2D eigenvalue weighted by Crippen LogP contribution is 2.25. The molecular weight excluding hydrogens is 324 g/mol. The molecule has 0 aromatic carbocycles. The van der Waals surface area contributed by atoms with Gasteiger partial charge in [0.25, 0.3) is 0 Å². The highest BCUT2D eigenvalue weighted by molar-refractivity contribution is 7.15. The van der Waals surface area contributed by atoms with Gasteiger partial charge in [-0.1, -0.05) is 46.0 Å². The van der Waals surface area contributed by atoms with E-state index in [2.05, 4.69) is 29.4 Å². The summed E-state index contributed by atoms with van der Waals surface area (Å²) in [7, 11) is 0. The Labute approximate surface area is 148 Å². The molecule has 0 bridgehead atoms. The summed E-state index contributed by atoms with van der Waals surface area (Å²) in [5, 5.41) is 12.5. The predicted octanol–water partition coefficient (Wildman–Crippen LogP) is 2.96. The molecule has 1 aromatic heterocycles. The first kappa shape index (κ1) is 18.8. The summed E-state index contributed by atoms with van der Waals surface area (Å²) in [6.45, 7) is 11.2. The fraction of sp³-hybridized carbons (Fsp3) is 0.765. The van der Waals surface area contributed by atoms with E-state index in [-0.39, 0.29) is 17.7 Å². The number of rotatable bonds is 4. The van der Waals surface area contributed by atoms with Gasteiger partial charge >= 0.3 is 0 Å².